The van der Waals surface area contributed by atoms with Crippen LogP contribution in [0.25, 0.3) is 0 Å². The topological polar surface area (TPSA) is 58.4 Å². The summed E-state index contributed by atoms with van der Waals surface area (Å²) < 4.78 is 12.8. The van der Waals surface area contributed by atoms with E-state index in [-0.39, 0.29) is 11.8 Å². The molecule has 2 amide bonds. The van der Waals surface area contributed by atoms with Gasteiger partial charge in [0.1, 0.15) is 5.82 Å². The molecular formula is C15H16FN3O. The zero-order chi connectivity index (χ0) is 14.5. The largest absolute Gasteiger partial charge is 0.399 e. The van der Waals surface area contributed by atoms with Crippen molar-refractivity contribution in [2.45, 2.75) is 6.92 Å². The van der Waals surface area contributed by atoms with Gasteiger partial charge >= 0.3 is 6.03 Å². The lowest BCUT2D eigenvalue weighted by Gasteiger charge is -2.21. The van der Waals surface area contributed by atoms with Crippen LogP contribution in [0.1, 0.15) is 6.92 Å². The highest BCUT2D eigenvalue weighted by molar-refractivity contribution is 6.01. The lowest BCUT2D eigenvalue weighted by molar-refractivity contribution is 0.257. The van der Waals surface area contributed by atoms with Gasteiger partial charge in [0.15, 0.2) is 0 Å². The number of anilines is 3. The zero-order valence-corrected chi connectivity index (χ0v) is 11.1. The summed E-state index contributed by atoms with van der Waals surface area (Å²) in [7, 11) is 0. The van der Waals surface area contributed by atoms with Gasteiger partial charge in [0.25, 0.3) is 0 Å². The number of carbonyl (C=O) groups excluding carboxylic acids is 1. The van der Waals surface area contributed by atoms with Crippen molar-refractivity contribution in [2.75, 3.05) is 22.5 Å². The smallest absolute Gasteiger partial charge is 0.326 e. The summed E-state index contributed by atoms with van der Waals surface area (Å²) in [6.45, 7) is 2.36. The summed E-state index contributed by atoms with van der Waals surface area (Å²) in [5.74, 6) is -0.342. The number of nitrogens with zero attached hydrogens (tertiary/aromatic N) is 1. The number of nitrogens with two attached hydrogens (primary N) is 1. The number of hydrogen-bond acceptors (Lipinski definition) is 2. The van der Waals surface area contributed by atoms with Crippen molar-refractivity contribution in [2.24, 2.45) is 0 Å². The predicted molar refractivity (Wildman–Crippen MR) is 79.3 cm³/mol. The third-order valence-electron chi connectivity index (χ3n) is 2.84. The molecule has 0 heterocycles. The molecule has 0 bridgehead atoms. The quantitative estimate of drug-likeness (QED) is 0.841. The first-order valence-electron chi connectivity index (χ1n) is 6.30. The highest BCUT2D eigenvalue weighted by atomic mass is 19.1. The Balaban J connectivity index is 2.15. The molecule has 0 aromatic heterocycles. The lowest BCUT2D eigenvalue weighted by Crippen LogP contribution is -2.34. The number of halogens is 1. The van der Waals surface area contributed by atoms with Crippen molar-refractivity contribution in [1.82, 2.24) is 0 Å². The van der Waals surface area contributed by atoms with Crippen molar-refractivity contribution in [3.05, 3.63) is 54.3 Å². The van der Waals surface area contributed by atoms with Crippen LogP contribution in [0.4, 0.5) is 26.2 Å². The first-order chi connectivity index (χ1) is 9.60. The molecule has 0 fully saturated rings. The molecule has 2 rings (SSSR count). The zero-order valence-electron chi connectivity index (χ0n) is 11.1. The maximum absolute atomic E-state index is 12.8. The molecule has 0 aliphatic heterocycles. The standard InChI is InChI=1S/C15H16FN3O/c1-2-19(14-5-3-4-12(17)10-14)15(20)18-13-8-6-11(16)7-9-13/h3-10H,2,17H2,1H3,(H,18,20). The average Bonchev–Trinajstić information content (AvgIpc) is 2.42. The summed E-state index contributed by atoms with van der Waals surface area (Å²) in [4.78, 5) is 13.8. The Hall–Kier alpha value is -2.56. The summed E-state index contributed by atoms with van der Waals surface area (Å²) in [6, 6.07) is 12.4. The molecule has 0 aliphatic rings. The van der Waals surface area contributed by atoms with Gasteiger partial charge < -0.3 is 11.1 Å². The number of rotatable bonds is 3. The van der Waals surface area contributed by atoms with Crippen LogP contribution >= 0.6 is 0 Å². The van der Waals surface area contributed by atoms with E-state index in [1.165, 1.54) is 24.3 Å². The number of benzene rings is 2. The normalized spacial score (nSPS) is 10.1. The number of hydrogen-bond donors (Lipinski definition) is 2. The Morgan fingerprint density at radius 2 is 1.95 bits per heavy atom. The number of nitrogen functional groups attached to an aromatic ring is 1. The summed E-state index contributed by atoms with van der Waals surface area (Å²) in [5.41, 5.74) is 7.57. The molecule has 0 saturated heterocycles. The molecule has 20 heavy (non-hydrogen) atoms. The molecule has 2 aromatic carbocycles. The van der Waals surface area contributed by atoms with E-state index in [9.17, 15) is 9.18 Å². The summed E-state index contributed by atoms with van der Waals surface area (Å²) in [6.07, 6.45) is 0. The van der Waals surface area contributed by atoms with Crippen LogP contribution in [-0.4, -0.2) is 12.6 Å². The molecular weight excluding hydrogens is 257 g/mol. The molecule has 104 valence electrons. The number of amides is 2. The molecule has 2 aromatic rings. The monoisotopic (exact) mass is 273 g/mol. The highest BCUT2D eigenvalue weighted by Gasteiger charge is 2.14. The van der Waals surface area contributed by atoms with E-state index >= 15 is 0 Å². The van der Waals surface area contributed by atoms with E-state index in [1.807, 2.05) is 13.0 Å². The van der Waals surface area contributed by atoms with Gasteiger partial charge in [-0.25, -0.2) is 9.18 Å². The summed E-state index contributed by atoms with van der Waals surface area (Å²) in [5, 5.41) is 2.72. The van der Waals surface area contributed by atoms with Crippen molar-refractivity contribution in [1.29, 1.82) is 0 Å². The van der Waals surface area contributed by atoms with E-state index in [1.54, 1.807) is 23.1 Å². The second kappa shape index (κ2) is 6.06. The Bertz CT molecular complexity index is 598. The first kappa shape index (κ1) is 13.9. The molecule has 0 atom stereocenters. The number of nitrogens with one attached hydrogen (secondary N) is 1. The molecule has 0 saturated carbocycles. The van der Waals surface area contributed by atoms with Crippen LogP contribution in [0, 0.1) is 5.82 Å². The lowest BCUT2D eigenvalue weighted by atomic mass is 10.2. The molecule has 0 unspecified atom stereocenters. The second-order valence-corrected chi connectivity index (χ2v) is 4.28. The third kappa shape index (κ3) is 3.26. The van der Waals surface area contributed by atoms with E-state index in [2.05, 4.69) is 5.32 Å². The van der Waals surface area contributed by atoms with Crippen LogP contribution in [0.2, 0.25) is 0 Å². The fraction of sp³-hybridized carbons (Fsp3) is 0.133. The van der Waals surface area contributed by atoms with Crippen LogP contribution in [0.3, 0.4) is 0 Å². The van der Waals surface area contributed by atoms with E-state index in [4.69, 9.17) is 5.73 Å². The van der Waals surface area contributed by atoms with Crippen molar-refractivity contribution in [3.63, 3.8) is 0 Å². The minimum Gasteiger partial charge on any atom is -0.399 e. The van der Waals surface area contributed by atoms with Crippen LogP contribution in [0.15, 0.2) is 48.5 Å². The third-order valence-corrected chi connectivity index (χ3v) is 2.84. The number of carbonyl (C=O) groups is 1. The molecule has 5 heteroatoms. The van der Waals surface area contributed by atoms with Gasteiger partial charge in [-0.1, -0.05) is 6.07 Å². The number of urea groups is 1. The molecule has 0 aliphatic carbocycles. The minimum atomic E-state index is -0.342. The fourth-order valence-corrected chi connectivity index (χ4v) is 1.86. The van der Waals surface area contributed by atoms with Gasteiger partial charge in [0.2, 0.25) is 0 Å². The van der Waals surface area contributed by atoms with Gasteiger partial charge in [-0.2, -0.15) is 0 Å². The van der Waals surface area contributed by atoms with Crippen molar-refractivity contribution < 1.29 is 9.18 Å². The molecule has 3 N–H and O–H groups in total. The van der Waals surface area contributed by atoms with Crippen molar-refractivity contribution in [3.8, 4) is 0 Å². The fourth-order valence-electron chi connectivity index (χ4n) is 1.86. The molecule has 4 nitrogen and oxygen atoms in total. The van der Waals surface area contributed by atoms with Crippen LogP contribution in [0.5, 0.6) is 0 Å². The Kier molecular flexibility index (Phi) is 4.20. The Morgan fingerprint density at radius 3 is 2.55 bits per heavy atom. The van der Waals surface area contributed by atoms with Crippen LogP contribution < -0.4 is 16.0 Å². The van der Waals surface area contributed by atoms with Gasteiger partial charge in [0.05, 0.1) is 0 Å². The maximum Gasteiger partial charge on any atom is 0.326 e. The first-order valence-corrected chi connectivity index (χ1v) is 6.30. The van der Waals surface area contributed by atoms with E-state index in [0.29, 0.717) is 23.6 Å². The van der Waals surface area contributed by atoms with E-state index < -0.39 is 0 Å². The second-order valence-electron chi connectivity index (χ2n) is 4.28. The summed E-state index contributed by atoms with van der Waals surface area (Å²) >= 11 is 0. The predicted octanol–water partition coefficient (Wildman–Crippen LogP) is 3.47. The van der Waals surface area contributed by atoms with Gasteiger partial charge in [-0.05, 0) is 49.4 Å². The molecule has 0 spiro atoms. The van der Waals surface area contributed by atoms with E-state index in [0.717, 1.165) is 0 Å². The minimum absolute atomic E-state index is 0.287. The maximum atomic E-state index is 12.8. The van der Waals surface area contributed by atoms with Crippen molar-refractivity contribution >= 4 is 23.1 Å². The molecule has 0 radical (unpaired) electrons. The van der Waals surface area contributed by atoms with Gasteiger partial charge in [-0.3, -0.25) is 4.90 Å². The van der Waals surface area contributed by atoms with Crippen LogP contribution in [-0.2, 0) is 0 Å². The average molecular weight is 273 g/mol. The highest BCUT2D eigenvalue weighted by Crippen LogP contribution is 2.19. The van der Waals surface area contributed by atoms with Gasteiger partial charge in [0, 0.05) is 23.6 Å². The Labute approximate surface area is 117 Å². The Morgan fingerprint density at radius 1 is 1.25 bits per heavy atom. The SMILES string of the molecule is CCN(C(=O)Nc1ccc(F)cc1)c1cccc(N)c1. The van der Waals surface area contributed by atoms with Gasteiger partial charge in [-0.15, -0.1) is 0 Å².